The lowest BCUT2D eigenvalue weighted by atomic mass is 10.2. The number of nitrogens with zero attached hydrogens (tertiary/aromatic N) is 3. The molecule has 0 saturated heterocycles. The smallest absolute Gasteiger partial charge is 0.138 e. The van der Waals surface area contributed by atoms with E-state index in [4.69, 9.17) is 11.6 Å². The van der Waals surface area contributed by atoms with Crippen LogP contribution in [0.15, 0.2) is 24.7 Å². The van der Waals surface area contributed by atoms with Crippen LogP contribution in [0, 0.1) is 12.8 Å². The third-order valence-corrected chi connectivity index (χ3v) is 3.20. The van der Waals surface area contributed by atoms with Crippen LogP contribution in [0.25, 0.3) is 5.82 Å². The van der Waals surface area contributed by atoms with Gasteiger partial charge >= 0.3 is 0 Å². The summed E-state index contributed by atoms with van der Waals surface area (Å²) in [5, 5.41) is 4.08. The maximum Gasteiger partial charge on any atom is 0.138 e. The second-order valence-electron chi connectivity index (χ2n) is 5.00. The summed E-state index contributed by atoms with van der Waals surface area (Å²) < 4.78 is 1.95. The zero-order chi connectivity index (χ0) is 13.8. The van der Waals surface area contributed by atoms with Crippen molar-refractivity contribution < 1.29 is 0 Å². The highest BCUT2D eigenvalue weighted by atomic mass is 35.5. The van der Waals surface area contributed by atoms with Gasteiger partial charge in [0.2, 0.25) is 0 Å². The van der Waals surface area contributed by atoms with Gasteiger partial charge in [-0.3, -0.25) is 4.57 Å². The lowest BCUT2D eigenvalue weighted by molar-refractivity contribution is 0.552. The first-order chi connectivity index (χ1) is 9.08. The van der Waals surface area contributed by atoms with Gasteiger partial charge in [0.15, 0.2) is 0 Å². The van der Waals surface area contributed by atoms with Crippen molar-refractivity contribution in [3.05, 3.63) is 41.1 Å². The van der Waals surface area contributed by atoms with Crippen molar-refractivity contribution in [1.82, 2.24) is 19.9 Å². The summed E-state index contributed by atoms with van der Waals surface area (Å²) >= 11 is 6.19. The topological polar surface area (TPSA) is 42.7 Å². The normalized spacial score (nSPS) is 11.2. The monoisotopic (exact) mass is 278 g/mol. The van der Waals surface area contributed by atoms with Crippen LogP contribution in [-0.4, -0.2) is 21.1 Å². The lowest BCUT2D eigenvalue weighted by Crippen LogP contribution is -2.19. The zero-order valence-corrected chi connectivity index (χ0v) is 12.3. The van der Waals surface area contributed by atoms with Crippen LogP contribution >= 0.6 is 11.6 Å². The predicted molar refractivity (Wildman–Crippen MR) is 77.7 cm³/mol. The van der Waals surface area contributed by atoms with E-state index < -0.39 is 0 Å². The SMILES string of the molecule is Cc1nccn1-c1cc(CNCC(C)C)c(Cl)cn1. The predicted octanol–water partition coefficient (Wildman–Crippen LogP) is 2.97. The molecular formula is C14H19ClN4. The van der Waals surface area contributed by atoms with E-state index in [2.05, 4.69) is 29.1 Å². The minimum absolute atomic E-state index is 0.621. The van der Waals surface area contributed by atoms with E-state index in [9.17, 15) is 0 Å². The highest BCUT2D eigenvalue weighted by molar-refractivity contribution is 6.31. The summed E-state index contributed by atoms with van der Waals surface area (Å²) in [4.78, 5) is 8.55. The van der Waals surface area contributed by atoms with Gasteiger partial charge in [-0.25, -0.2) is 9.97 Å². The summed E-state index contributed by atoms with van der Waals surface area (Å²) in [5.41, 5.74) is 1.06. The van der Waals surface area contributed by atoms with E-state index in [1.54, 1.807) is 12.4 Å². The number of halogens is 1. The minimum atomic E-state index is 0.621. The van der Waals surface area contributed by atoms with Gasteiger partial charge in [0, 0.05) is 25.1 Å². The van der Waals surface area contributed by atoms with Crippen molar-refractivity contribution >= 4 is 11.6 Å². The Morgan fingerprint density at radius 2 is 2.16 bits per heavy atom. The molecule has 0 aliphatic carbocycles. The summed E-state index contributed by atoms with van der Waals surface area (Å²) in [5.74, 6) is 2.38. The number of nitrogens with one attached hydrogen (secondary N) is 1. The molecule has 0 aromatic carbocycles. The van der Waals surface area contributed by atoms with Gasteiger partial charge in [-0.05, 0) is 31.0 Å². The first-order valence-electron chi connectivity index (χ1n) is 6.43. The molecule has 0 bridgehead atoms. The maximum absolute atomic E-state index is 6.19. The summed E-state index contributed by atoms with van der Waals surface area (Å²) in [6.07, 6.45) is 5.36. The second-order valence-corrected chi connectivity index (χ2v) is 5.41. The average Bonchev–Trinajstić information content (AvgIpc) is 2.77. The molecule has 0 aliphatic heterocycles. The summed E-state index contributed by atoms with van der Waals surface area (Å²) in [7, 11) is 0. The Hall–Kier alpha value is -1.39. The lowest BCUT2D eigenvalue weighted by Gasteiger charge is -2.11. The van der Waals surface area contributed by atoms with Crippen molar-refractivity contribution in [3.63, 3.8) is 0 Å². The Labute approximate surface area is 118 Å². The molecule has 2 heterocycles. The summed E-state index contributed by atoms with van der Waals surface area (Å²) in [6.45, 7) is 8.04. The van der Waals surface area contributed by atoms with Crippen molar-refractivity contribution in [2.45, 2.75) is 27.3 Å². The fourth-order valence-electron chi connectivity index (χ4n) is 1.85. The second kappa shape index (κ2) is 6.17. The van der Waals surface area contributed by atoms with E-state index in [-0.39, 0.29) is 0 Å². The molecule has 0 aliphatic rings. The molecule has 0 unspecified atom stereocenters. The number of pyridine rings is 1. The quantitative estimate of drug-likeness (QED) is 0.914. The number of hydrogen-bond acceptors (Lipinski definition) is 3. The van der Waals surface area contributed by atoms with Crippen molar-refractivity contribution in [3.8, 4) is 5.82 Å². The van der Waals surface area contributed by atoms with Crippen LogP contribution in [0.3, 0.4) is 0 Å². The molecule has 0 amide bonds. The van der Waals surface area contributed by atoms with E-state index in [0.717, 1.165) is 30.3 Å². The van der Waals surface area contributed by atoms with E-state index in [1.807, 2.05) is 23.8 Å². The molecule has 19 heavy (non-hydrogen) atoms. The van der Waals surface area contributed by atoms with E-state index in [1.165, 1.54) is 0 Å². The van der Waals surface area contributed by atoms with Gasteiger partial charge in [0.1, 0.15) is 11.6 Å². The first kappa shape index (κ1) is 14.0. The third kappa shape index (κ3) is 3.55. The van der Waals surface area contributed by atoms with Gasteiger partial charge in [-0.1, -0.05) is 25.4 Å². The maximum atomic E-state index is 6.19. The molecule has 1 N–H and O–H groups in total. The highest BCUT2D eigenvalue weighted by Crippen LogP contribution is 2.18. The van der Waals surface area contributed by atoms with Crippen LogP contribution in [0.5, 0.6) is 0 Å². The Bertz CT molecular complexity index is 548. The Kier molecular flexibility index (Phi) is 4.56. The number of aryl methyl sites for hydroxylation is 1. The van der Waals surface area contributed by atoms with Crippen LogP contribution in [0.1, 0.15) is 25.2 Å². The zero-order valence-electron chi connectivity index (χ0n) is 11.5. The molecule has 0 spiro atoms. The highest BCUT2D eigenvalue weighted by Gasteiger charge is 2.07. The minimum Gasteiger partial charge on any atom is -0.312 e. The van der Waals surface area contributed by atoms with Gasteiger partial charge in [0.25, 0.3) is 0 Å². The molecular weight excluding hydrogens is 260 g/mol. The van der Waals surface area contributed by atoms with Crippen molar-refractivity contribution in [1.29, 1.82) is 0 Å². The first-order valence-corrected chi connectivity index (χ1v) is 6.81. The van der Waals surface area contributed by atoms with Gasteiger partial charge < -0.3 is 5.32 Å². The molecule has 0 radical (unpaired) electrons. The van der Waals surface area contributed by atoms with Crippen molar-refractivity contribution in [2.24, 2.45) is 5.92 Å². The number of rotatable bonds is 5. The van der Waals surface area contributed by atoms with Gasteiger partial charge in [0.05, 0.1) is 5.02 Å². The largest absolute Gasteiger partial charge is 0.312 e. The van der Waals surface area contributed by atoms with E-state index in [0.29, 0.717) is 10.9 Å². The molecule has 4 nitrogen and oxygen atoms in total. The Morgan fingerprint density at radius 3 is 2.79 bits per heavy atom. The molecule has 2 aromatic rings. The molecule has 0 fully saturated rings. The van der Waals surface area contributed by atoms with Crippen LogP contribution in [0.2, 0.25) is 5.02 Å². The fourth-order valence-corrected chi connectivity index (χ4v) is 2.02. The molecule has 102 valence electrons. The number of imidazole rings is 1. The standard InChI is InChI=1S/C14H19ClN4/c1-10(2)7-16-8-12-6-14(18-9-13(12)15)19-5-4-17-11(19)3/h4-6,9-10,16H,7-8H2,1-3H3. The third-order valence-electron chi connectivity index (χ3n) is 2.86. The fraction of sp³-hybridized carbons (Fsp3) is 0.429. The van der Waals surface area contributed by atoms with Crippen LogP contribution < -0.4 is 5.32 Å². The average molecular weight is 279 g/mol. The van der Waals surface area contributed by atoms with Crippen molar-refractivity contribution in [2.75, 3.05) is 6.54 Å². The molecule has 5 heteroatoms. The van der Waals surface area contributed by atoms with Gasteiger partial charge in [-0.2, -0.15) is 0 Å². The van der Waals surface area contributed by atoms with E-state index >= 15 is 0 Å². The Morgan fingerprint density at radius 1 is 1.37 bits per heavy atom. The molecule has 2 aromatic heterocycles. The summed E-state index contributed by atoms with van der Waals surface area (Å²) in [6, 6.07) is 2.00. The van der Waals surface area contributed by atoms with Crippen LogP contribution in [-0.2, 0) is 6.54 Å². The number of aromatic nitrogens is 3. The van der Waals surface area contributed by atoms with Crippen LogP contribution in [0.4, 0.5) is 0 Å². The molecule has 2 rings (SSSR count). The molecule has 0 atom stereocenters. The molecule has 0 saturated carbocycles. The van der Waals surface area contributed by atoms with Gasteiger partial charge in [-0.15, -0.1) is 0 Å². The number of hydrogen-bond donors (Lipinski definition) is 1. The Balaban J connectivity index is 2.18.